The molecule has 0 bridgehead atoms. The summed E-state index contributed by atoms with van der Waals surface area (Å²) >= 11 is 0. The van der Waals surface area contributed by atoms with E-state index in [-0.39, 0.29) is 5.69 Å². The van der Waals surface area contributed by atoms with Crippen molar-refractivity contribution in [1.29, 1.82) is 0 Å². The van der Waals surface area contributed by atoms with Crippen LogP contribution in [-0.2, 0) is 0 Å². The molecule has 0 fully saturated rings. The van der Waals surface area contributed by atoms with Crippen LogP contribution in [0.1, 0.15) is 6.92 Å². The minimum Gasteiger partial charge on any atom is -0.497 e. The second kappa shape index (κ2) is 4.33. The Morgan fingerprint density at radius 3 is 2.53 bits per heavy atom. The Labute approximate surface area is 85.4 Å². The van der Waals surface area contributed by atoms with Crippen molar-refractivity contribution in [1.82, 2.24) is 0 Å². The summed E-state index contributed by atoms with van der Waals surface area (Å²) in [5.41, 5.74) is -0.653. The van der Waals surface area contributed by atoms with E-state index in [0.717, 1.165) is 6.92 Å². The van der Waals surface area contributed by atoms with Gasteiger partial charge in [-0.15, -0.1) is 0 Å². The highest BCUT2D eigenvalue weighted by Gasteiger charge is 2.31. The average molecular weight is 217 g/mol. The lowest BCUT2D eigenvalue weighted by molar-refractivity contribution is -0.0591. The lowest BCUT2D eigenvalue weighted by Gasteiger charge is -2.05. The molecule has 0 atom stereocenters. The van der Waals surface area contributed by atoms with Gasteiger partial charge in [0, 0.05) is 6.07 Å². The normalized spacial score (nSPS) is 12.7. The zero-order chi connectivity index (χ0) is 11.5. The number of methoxy groups -OCH3 is 1. The third-order valence-corrected chi connectivity index (χ3v) is 1.76. The predicted molar refractivity (Wildman–Crippen MR) is 51.8 cm³/mol. The van der Waals surface area contributed by atoms with Crippen molar-refractivity contribution in [2.75, 3.05) is 7.11 Å². The van der Waals surface area contributed by atoms with Gasteiger partial charge in [0.05, 0.1) is 12.8 Å². The second-order valence-electron chi connectivity index (χ2n) is 2.90. The van der Waals surface area contributed by atoms with E-state index in [1.54, 1.807) is 12.1 Å². The van der Waals surface area contributed by atoms with Crippen molar-refractivity contribution in [3.63, 3.8) is 0 Å². The summed E-state index contributed by atoms with van der Waals surface area (Å²) in [6, 6.07) is 6.15. The Morgan fingerprint density at radius 1 is 1.33 bits per heavy atom. The fourth-order valence-corrected chi connectivity index (χ4v) is 0.937. The van der Waals surface area contributed by atoms with Gasteiger partial charge in [-0.1, -0.05) is 6.07 Å². The molecule has 0 aliphatic heterocycles. The summed E-state index contributed by atoms with van der Waals surface area (Å²) in [7, 11) is 1.44. The molecule has 0 amide bonds. The van der Waals surface area contributed by atoms with Crippen molar-refractivity contribution in [3.05, 3.63) is 24.3 Å². The topological polar surface area (TPSA) is 21.6 Å². The van der Waals surface area contributed by atoms with Gasteiger partial charge in [0.1, 0.15) is 11.5 Å². The summed E-state index contributed by atoms with van der Waals surface area (Å²) < 4.78 is 41.3. The van der Waals surface area contributed by atoms with Crippen molar-refractivity contribution in [2.24, 2.45) is 4.99 Å². The molecular formula is C10H10F3NO. The largest absolute Gasteiger partial charge is 0.497 e. The molecule has 5 heteroatoms. The Morgan fingerprint density at radius 2 is 2.00 bits per heavy atom. The minimum absolute atomic E-state index is 0.226. The molecule has 2 nitrogen and oxygen atoms in total. The van der Waals surface area contributed by atoms with Crippen LogP contribution in [0.5, 0.6) is 5.75 Å². The summed E-state index contributed by atoms with van der Waals surface area (Å²) in [4.78, 5) is 3.45. The van der Waals surface area contributed by atoms with Gasteiger partial charge in [0.2, 0.25) is 0 Å². The molecule has 0 spiro atoms. The van der Waals surface area contributed by atoms with Gasteiger partial charge < -0.3 is 4.74 Å². The van der Waals surface area contributed by atoms with E-state index in [1.807, 2.05) is 0 Å². The highest BCUT2D eigenvalue weighted by Crippen LogP contribution is 2.24. The Balaban J connectivity index is 2.98. The maximum atomic E-state index is 12.2. The number of hydrogen-bond acceptors (Lipinski definition) is 2. The first-order valence-electron chi connectivity index (χ1n) is 4.20. The zero-order valence-electron chi connectivity index (χ0n) is 8.30. The quantitative estimate of drug-likeness (QED) is 0.696. The number of alkyl halides is 3. The number of aliphatic imine (C=N–C) groups is 1. The lowest BCUT2D eigenvalue weighted by atomic mass is 10.3. The Hall–Kier alpha value is -1.52. The lowest BCUT2D eigenvalue weighted by Crippen LogP contribution is -2.18. The highest BCUT2D eigenvalue weighted by molar-refractivity contribution is 5.89. The van der Waals surface area contributed by atoms with Gasteiger partial charge in [0.25, 0.3) is 0 Å². The first-order valence-corrected chi connectivity index (χ1v) is 4.20. The van der Waals surface area contributed by atoms with Gasteiger partial charge in [-0.3, -0.25) is 0 Å². The van der Waals surface area contributed by atoms with Crippen molar-refractivity contribution in [2.45, 2.75) is 13.1 Å². The smallest absolute Gasteiger partial charge is 0.429 e. The van der Waals surface area contributed by atoms with Gasteiger partial charge >= 0.3 is 6.18 Å². The van der Waals surface area contributed by atoms with Crippen LogP contribution < -0.4 is 4.74 Å². The summed E-state index contributed by atoms with van der Waals surface area (Å²) in [5, 5.41) is 0. The van der Waals surface area contributed by atoms with E-state index in [4.69, 9.17) is 4.74 Å². The monoisotopic (exact) mass is 217 g/mol. The van der Waals surface area contributed by atoms with E-state index >= 15 is 0 Å². The number of benzene rings is 1. The van der Waals surface area contributed by atoms with Gasteiger partial charge in [-0.25, -0.2) is 4.99 Å². The highest BCUT2D eigenvalue weighted by atomic mass is 19.4. The Kier molecular flexibility index (Phi) is 3.34. The second-order valence-corrected chi connectivity index (χ2v) is 2.90. The third kappa shape index (κ3) is 3.27. The number of halogens is 3. The fourth-order valence-electron chi connectivity index (χ4n) is 0.937. The van der Waals surface area contributed by atoms with Crippen LogP contribution in [0.4, 0.5) is 18.9 Å². The molecule has 0 radical (unpaired) electrons. The van der Waals surface area contributed by atoms with E-state index in [0.29, 0.717) is 5.75 Å². The zero-order valence-corrected chi connectivity index (χ0v) is 8.30. The summed E-state index contributed by atoms with van der Waals surface area (Å²) in [6.45, 7) is 0.930. The molecule has 1 aromatic rings. The molecule has 0 unspecified atom stereocenters. The molecule has 1 rings (SSSR count). The van der Waals surface area contributed by atoms with Crippen molar-refractivity contribution in [3.8, 4) is 5.75 Å². The van der Waals surface area contributed by atoms with Crippen molar-refractivity contribution >= 4 is 11.4 Å². The van der Waals surface area contributed by atoms with E-state index in [1.165, 1.54) is 19.2 Å². The number of ether oxygens (including phenoxy) is 1. The molecule has 82 valence electrons. The van der Waals surface area contributed by atoms with Crippen LogP contribution in [0, 0.1) is 0 Å². The maximum Gasteiger partial charge on any atom is 0.429 e. The molecule has 0 saturated carbocycles. The van der Waals surface area contributed by atoms with Crippen LogP contribution in [0.15, 0.2) is 29.3 Å². The summed E-state index contributed by atoms with van der Waals surface area (Å²) in [5.74, 6) is 0.478. The molecule has 0 aliphatic rings. The molecule has 0 aliphatic carbocycles. The van der Waals surface area contributed by atoms with Crippen LogP contribution in [-0.4, -0.2) is 19.0 Å². The van der Waals surface area contributed by atoms with Crippen molar-refractivity contribution < 1.29 is 17.9 Å². The molecular weight excluding hydrogens is 207 g/mol. The first-order chi connectivity index (χ1) is 6.93. The molecule has 0 heterocycles. The predicted octanol–water partition coefficient (Wildman–Crippen LogP) is 3.35. The average Bonchev–Trinajstić information content (AvgIpc) is 2.16. The third-order valence-electron chi connectivity index (χ3n) is 1.76. The molecule has 0 N–H and O–H groups in total. The molecule has 0 saturated heterocycles. The molecule has 0 aromatic heterocycles. The SMILES string of the molecule is COc1cccc(/N=C(\C)C(F)(F)F)c1. The number of hydrogen-bond donors (Lipinski definition) is 0. The van der Waals surface area contributed by atoms with Crippen LogP contribution in [0.2, 0.25) is 0 Å². The first kappa shape index (κ1) is 11.6. The standard InChI is InChI=1S/C10H10F3NO/c1-7(10(11,12)13)14-8-4-3-5-9(6-8)15-2/h3-6H,1-2H3/b14-7+. The van der Waals surface area contributed by atoms with Crippen LogP contribution >= 0.6 is 0 Å². The van der Waals surface area contributed by atoms with Crippen LogP contribution in [0.25, 0.3) is 0 Å². The van der Waals surface area contributed by atoms with E-state index in [2.05, 4.69) is 4.99 Å². The minimum atomic E-state index is -4.39. The maximum absolute atomic E-state index is 12.2. The van der Waals surface area contributed by atoms with Crippen LogP contribution in [0.3, 0.4) is 0 Å². The molecule has 1 aromatic carbocycles. The van der Waals surface area contributed by atoms with Gasteiger partial charge in [0.15, 0.2) is 0 Å². The van der Waals surface area contributed by atoms with Gasteiger partial charge in [-0.2, -0.15) is 13.2 Å². The summed E-state index contributed by atoms with van der Waals surface area (Å²) in [6.07, 6.45) is -4.39. The number of rotatable bonds is 2. The fraction of sp³-hybridized carbons (Fsp3) is 0.300. The Bertz CT molecular complexity index is 371. The number of nitrogens with zero attached hydrogens (tertiary/aromatic N) is 1. The van der Waals surface area contributed by atoms with Gasteiger partial charge in [-0.05, 0) is 19.1 Å². The molecule has 15 heavy (non-hydrogen) atoms. The van der Waals surface area contributed by atoms with E-state index < -0.39 is 11.9 Å². The van der Waals surface area contributed by atoms with E-state index in [9.17, 15) is 13.2 Å².